The summed E-state index contributed by atoms with van der Waals surface area (Å²) in [4.78, 5) is 22.7. The molecule has 23 heavy (non-hydrogen) atoms. The molecule has 1 aromatic carbocycles. The molecule has 2 N–H and O–H groups in total. The molecule has 3 aromatic rings. The number of hydrogen-bond acceptors (Lipinski definition) is 5. The molecule has 8 heteroatoms. The predicted octanol–water partition coefficient (Wildman–Crippen LogP) is 0.992. The molecule has 0 aliphatic rings. The Morgan fingerprint density at radius 3 is 2.65 bits per heavy atom. The van der Waals surface area contributed by atoms with Crippen molar-refractivity contribution in [2.75, 3.05) is 0 Å². The van der Waals surface area contributed by atoms with Gasteiger partial charge < -0.3 is 4.42 Å². The Hall–Kier alpha value is -3.42. The maximum absolute atomic E-state index is 11.7. The van der Waals surface area contributed by atoms with Gasteiger partial charge >= 0.3 is 11.5 Å². The third kappa shape index (κ3) is 3.26. The third-order valence-electron chi connectivity index (χ3n) is 3.11. The number of aromatic nitrogens is 2. The van der Waals surface area contributed by atoms with E-state index in [1.54, 1.807) is 31.2 Å². The van der Waals surface area contributed by atoms with Gasteiger partial charge in [0.2, 0.25) is 5.69 Å². The molecule has 0 fully saturated rings. The molecule has 0 bridgehead atoms. The van der Waals surface area contributed by atoms with Crippen molar-refractivity contribution in [3.05, 3.63) is 70.6 Å². The van der Waals surface area contributed by atoms with Crippen molar-refractivity contribution >= 4 is 11.6 Å². The Morgan fingerprint density at radius 1 is 1.26 bits per heavy atom. The SMILES string of the molecule is C/C(=N\NC(=O)c1ccco1)c1ccc(-[n+]2cc(=O)o[nH]2)cc1. The van der Waals surface area contributed by atoms with E-state index in [9.17, 15) is 9.59 Å². The van der Waals surface area contributed by atoms with Crippen LogP contribution in [0.25, 0.3) is 5.69 Å². The zero-order valence-corrected chi connectivity index (χ0v) is 12.1. The van der Waals surface area contributed by atoms with Gasteiger partial charge in [-0.1, -0.05) is 0 Å². The molecule has 1 amide bonds. The fourth-order valence-electron chi connectivity index (χ4n) is 1.90. The number of hydrazone groups is 1. The second-order valence-electron chi connectivity index (χ2n) is 4.67. The van der Waals surface area contributed by atoms with Gasteiger partial charge in [0.05, 0.1) is 12.0 Å². The van der Waals surface area contributed by atoms with Crippen LogP contribution in [0.2, 0.25) is 0 Å². The van der Waals surface area contributed by atoms with E-state index in [0.717, 1.165) is 11.3 Å². The first-order valence-electron chi connectivity index (χ1n) is 6.72. The molecule has 116 valence electrons. The topological polar surface area (TPSA) is 104 Å². The van der Waals surface area contributed by atoms with Gasteiger partial charge in [-0.3, -0.25) is 9.32 Å². The molecule has 3 rings (SSSR count). The first kappa shape index (κ1) is 14.5. The standard InChI is InChI=1S/C15H12N4O4/c1-10(16-17-15(21)13-3-2-8-22-13)11-4-6-12(7-5-11)19-9-14(20)23-18-19/h2-9H,1H3,(H-,17,18,20,21)/p+1. The van der Waals surface area contributed by atoms with E-state index in [0.29, 0.717) is 5.71 Å². The number of furan rings is 1. The minimum atomic E-state index is -0.465. The van der Waals surface area contributed by atoms with E-state index in [2.05, 4.69) is 20.3 Å². The first-order valence-corrected chi connectivity index (χ1v) is 6.72. The minimum Gasteiger partial charge on any atom is -0.459 e. The monoisotopic (exact) mass is 313 g/mol. The van der Waals surface area contributed by atoms with Crippen molar-refractivity contribution < 1.29 is 18.4 Å². The lowest BCUT2D eigenvalue weighted by Crippen LogP contribution is -2.32. The molecule has 0 atom stereocenters. The van der Waals surface area contributed by atoms with Gasteiger partial charge in [0.1, 0.15) is 0 Å². The van der Waals surface area contributed by atoms with Crippen molar-refractivity contribution in [3.63, 3.8) is 0 Å². The van der Waals surface area contributed by atoms with E-state index in [4.69, 9.17) is 4.42 Å². The summed E-state index contributed by atoms with van der Waals surface area (Å²) in [5.41, 5.74) is 4.13. The molecule has 0 unspecified atom stereocenters. The number of H-pyrrole nitrogens is 1. The Morgan fingerprint density at radius 2 is 2.04 bits per heavy atom. The fraction of sp³-hybridized carbons (Fsp3) is 0.0667. The number of aromatic amines is 1. The summed E-state index contributed by atoms with van der Waals surface area (Å²) < 4.78 is 11.0. The van der Waals surface area contributed by atoms with Crippen LogP contribution in [0.4, 0.5) is 0 Å². The molecule has 0 aliphatic heterocycles. The van der Waals surface area contributed by atoms with E-state index in [1.165, 1.54) is 17.1 Å². The second kappa shape index (κ2) is 6.14. The molecule has 8 nitrogen and oxygen atoms in total. The second-order valence-corrected chi connectivity index (χ2v) is 4.67. The van der Waals surface area contributed by atoms with Crippen LogP contribution in [0.5, 0.6) is 0 Å². The van der Waals surface area contributed by atoms with Gasteiger partial charge in [0.25, 0.3) is 6.20 Å². The summed E-state index contributed by atoms with van der Waals surface area (Å²) in [6.45, 7) is 1.77. The van der Waals surface area contributed by atoms with Gasteiger partial charge in [0, 0.05) is 12.1 Å². The van der Waals surface area contributed by atoms with Crippen LogP contribution in [0.3, 0.4) is 0 Å². The van der Waals surface area contributed by atoms with Crippen molar-refractivity contribution in [3.8, 4) is 5.69 Å². The average Bonchev–Trinajstić information content (AvgIpc) is 3.24. The number of carbonyl (C=O) groups is 1. The summed E-state index contributed by atoms with van der Waals surface area (Å²) >= 11 is 0. The highest BCUT2D eigenvalue weighted by Crippen LogP contribution is 2.05. The Labute approximate surface area is 130 Å². The van der Waals surface area contributed by atoms with Gasteiger partial charge in [-0.2, -0.15) is 5.10 Å². The summed E-state index contributed by atoms with van der Waals surface area (Å²) in [6, 6.07) is 10.4. The highest BCUT2D eigenvalue weighted by Gasteiger charge is 2.11. The molecular formula is C15H13N4O4+. The number of hydrogen-bond donors (Lipinski definition) is 2. The molecule has 0 aliphatic carbocycles. The zero-order chi connectivity index (χ0) is 16.2. The Bertz CT molecular complexity index is 888. The number of rotatable bonds is 4. The molecule has 0 radical (unpaired) electrons. The molecule has 0 spiro atoms. The molecular weight excluding hydrogens is 300 g/mol. The van der Waals surface area contributed by atoms with Crippen molar-refractivity contribution in [1.29, 1.82) is 0 Å². The zero-order valence-electron chi connectivity index (χ0n) is 12.1. The molecule has 0 saturated heterocycles. The number of nitrogens with zero attached hydrogens (tertiary/aromatic N) is 2. The number of nitrogens with one attached hydrogen (secondary N) is 2. The maximum Gasteiger partial charge on any atom is 0.427 e. The van der Waals surface area contributed by atoms with Crippen molar-refractivity contribution in [1.82, 2.24) is 10.7 Å². The van der Waals surface area contributed by atoms with Crippen LogP contribution >= 0.6 is 0 Å². The largest absolute Gasteiger partial charge is 0.459 e. The van der Waals surface area contributed by atoms with E-state index in [-0.39, 0.29) is 5.76 Å². The van der Waals surface area contributed by atoms with Gasteiger partial charge in [-0.05, 0) is 46.7 Å². The van der Waals surface area contributed by atoms with Gasteiger partial charge in [-0.15, -0.1) is 0 Å². The van der Waals surface area contributed by atoms with Crippen LogP contribution in [-0.4, -0.2) is 16.9 Å². The Kier molecular flexibility index (Phi) is 3.88. The van der Waals surface area contributed by atoms with Crippen molar-refractivity contribution in [2.24, 2.45) is 5.10 Å². The first-order chi connectivity index (χ1) is 11.1. The highest BCUT2D eigenvalue weighted by atomic mass is 16.5. The van der Waals surface area contributed by atoms with Gasteiger partial charge in [0.15, 0.2) is 5.76 Å². The summed E-state index contributed by atoms with van der Waals surface area (Å²) in [5.74, 6) is -0.227. The smallest absolute Gasteiger partial charge is 0.427 e. The molecule has 0 saturated carbocycles. The molecule has 2 heterocycles. The van der Waals surface area contributed by atoms with Crippen molar-refractivity contribution in [2.45, 2.75) is 6.92 Å². The summed E-state index contributed by atoms with van der Waals surface area (Å²) in [6.07, 6.45) is 2.71. The maximum atomic E-state index is 11.7. The highest BCUT2D eigenvalue weighted by molar-refractivity contribution is 6.00. The van der Waals surface area contributed by atoms with Crippen LogP contribution in [0, 0.1) is 0 Å². The lowest BCUT2D eigenvalue weighted by molar-refractivity contribution is -0.670. The lowest BCUT2D eigenvalue weighted by Gasteiger charge is -2.01. The average molecular weight is 313 g/mol. The summed E-state index contributed by atoms with van der Waals surface area (Å²) in [7, 11) is 0. The summed E-state index contributed by atoms with van der Waals surface area (Å²) in [5, 5.41) is 6.49. The van der Waals surface area contributed by atoms with Gasteiger partial charge in [-0.25, -0.2) is 10.2 Å². The Balaban J connectivity index is 1.72. The molecule has 2 aromatic heterocycles. The van der Waals surface area contributed by atoms with E-state index < -0.39 is 11.5 Å². The minimum absolute atomic E-state index is 0.192. The normalized spacial score (nSPS) is 11.4. The van der Waals surface area contributed by atoms with E-state index in [1.807, 2.05) is 12.1 Å². The fourth-order valence-corrected chi connectivity index (χ4v) is 1.90. The lowest BCUT2D eigenvalue weighted by atomic mass is 10.1. The predicted molar refractivity (Wildman–Crippen MR) is 79.2 cm³/mol. The van der Waals surface area contributed by atoms with Crippen LogP contribution < -0.4 is 15.7 Å². The number of carbonyl (C=O) groups excluding carboxylic acids is 1. The quantitative estimate of drug-likeness (QED) is 0.426. The van der Waals surface area contributed by atoms with Crippen LogP contribution in [-0.2, 0) is 0 Å². The van der Waals surface area contributed by atoms with E-state index >= 15 is 0 Å². The van der Waals surface area contributed by atoms with Crippen LogP contribution in [0.1, 0.15) is 23.0 Å². The van der Waals surface area contributed by atoms with Crippen LogP contribution in [0.15, 0.2) is 67.7 Å². The third-order valence-corrected chi connectivity index (χ3v) is 3.11. The number of amides is 1. The number of benzene rings is 1.